The second-order valence-electron chi connectivity index (χ2n) is 5.41. The van der Waals surface area contributed by atoms with Gasteiger partial charge >= 0.3 is 0 Å². The molecule has 0 saturated carbocycles. The van der Waals surface area contributed by atoms with Crippen molar-refractivity contribution in [3.63, 3.8) is 0 Å². The summed E-state index contributed by atoms with van der Waals surface area (Å²) in [5, 5.41) is 9.84. The minimum absolute atomic E-state index is 0.0283. The van der Waals surface area contributed by atoms with Gasteiger partial charge in [-0.25, -0.2) is 8.42 Å². The monoisotopic (exact) mass is 306 g/mol. The molecular formula is C12H22N2O5S. The summed E-state index contributed by atoms with van der Waals surface area (Å²) in [6.07, 6.45) is 0.572. The molecule has 1 N–H and O–H groups in total. The third-order valence-electron chi connectivity index (χ3n) is 3.92. The van der Waals surface area contributed by atoms with E-state index in [4.69, 9.17) is 4.74 Å². The van der Waals surface area contributed by atoms with E-state index in [0.29, 0.717) is 45.8 Å². The van der Waals surface area contributed by atoms with Crippen LogP contribution in [0.3, 0.4) is 0 Å². The largest absolute Gasteiger partial charge is 0.386 e. The van der Waals surface area contributed by atoms with E-state index < -0.39 is 15.6 Å². The quantitative estimate of drug-likeness (QED) is 0.705. The molecule has 0 aromatic heterocycles. The fourth-order valence-corrected chi connectivity index (χ4v) is 3.79. The molecule has 0 radical (unpaired) electrons. The number of ether oxygens (including phenoxy) is 1. The van der Waals surface area contributed by atoms with Crippen molar-refractivity contribution in [1.29, 1.82) is 0 Å². The lowest BCUT2D eigenvalue weighted by atomic mass is 9.91. The first-order chi connectivity index (χ1) is 9.36. The van der Waals surface area contributed by atoms with Gasteiger partial charge in [0.1, 0.15) is 0 Å². The predicted octanol–water partition coefficient (Wildman–Crippen LogP) is -0.978. The minimum atomic E-state index is -3.39. The molecule has 8 heteroatoms. The first-order valence-electron chi connectivity index (χ1n) is 6.92. The zero-order valence-electron chi connectivity index (χ0n) is 11.7. The molecule has 0 aromatic carbocycles. The van der Waals surface area contributed by atoms with Crippen LogP contribution in [-0.4, -0.2) is 79.4 Å². The maximum absolute atomic E-state index is 12.1. The zero-order chi connectivity index (χ0) is 14.8. The van der Waals surface area contributed by atoms with Crippen molar-refractivity contribution in [2.45, 2.75) is 25.4 Å². The molecule has 2 aliphatic rings. The van der Waals surface area contributed by atoms with Crippen LogP contribution in [0.25, 0.3) is 0 Å². The number of aliphatic hydroxyl groups is 1. The number of hydrogen-bond acceptors (Lipinski definition) is 5. The molecule has 2 fully saturated rings. The van der Waals surface area contributed by atoms with Gasteiger partial charge in [-0.15, -0.1) is 0 Å². The number of rotatable bonds is 5. The summed E-state index contributed by atoms with van der Waals surface area (Å²) >= 11 is 0. The smallest absolute Gasteiger partial charge is 0.223 e. The van der Waals surface area contributed by atoms with Gasteiger partial charge in [0.25, 0.3) is 0 Å². The molecule has 0 aliphatic carbocycles. The lowest BCUT2D eigenvalue weighted by Gasteiger charge is -2.46. The van der Waals surface area contributed by atoms with Crippen LogP contribution in [0, 0.1) is 0 Å². The van der Waals surface area contributed by atoms with Gasteiger partial charge in [0, 0.05) is 19.5 Å². The highest BCUT2D eigenvalue weighted by atomic mass is 32.2. The van der Waals surface area contributed by atoms with Gasteiger partial charge < -0.3 is 14.7 Å². The Morgan fingerprint density at radius 3 is 2.45 bits per heavy atom. The summed E-state index contributed by atoms with van der Waals surface area (Å²) in [5.41, 5.74) is -0.779. The van der Waals surface area contributed by atoms with Crippen molar-refractivity contribution in [3.05, 3.63) is 0 Å². The molecule has 2 rings (SSSR count). The first-order valence-corrected chi connectivity index (χ1v) is 8.53. The van der Waals surface area contributed by atoms with Gasteiger partial charge in [0.2, 0.25) is 15.9 Å². The van der Waals surface area contributed by atoms with Crippen LogP contribution in [0.5, 0.6) is 0 Å². The van der Waals surface area contributed by atoms with Gasteiger partial charge in [-0.3, -0.25) is 4.79 Å². The minimum Gasteiger partial charge on any atom is -0.386 e. The summed E-state index contributed by atoms with van der Waals surface area (Å²) in [4.78, 5) is 13.4. The molecule has 7 nitrogen and oxygen atoms in total. The van der Waals surface area contributed by atoms with Crippen LogP contribution in [-0.2, 0) is 19.6 Å². The topological polar surface area (TPSA) is 87.2 Å². The van der Waals surface area contributed by atoms with Crippen molar-refractivity contribution < 1.29 is 23.1 Å². The standard InChI is InChI=1S/C12H22N2O5S/c1-2-12(16)9-13(10-12)11(15)3-8-20(17,18)14-4-6-19-7-5-14/h16H,2-10H2,1H3. The molecule has 2 heterocycles. The first kappa shape index (κ1) is 15.7. The number of nitrogens with zero attached hydrogens (tertiary/aromatic N) is 2. The lowest BCUT2D eigenvalue weighted by Crippen LogP contribution is -2.63. The Morgan fingerprint density at radius 2 is 1.90 bits per heavy atom. The molecule has 20 heavy (non-hydrogen) atoms. The van der Waals surface area contributed by atoms with Crippen molar-refractivity contribution in [3.8, 4) is 0 Å². The number of sulfonamides is 1. The average Bonchev–Trinajstić information content (AvgIpc) is 2.42. The molecule has 0 atom stereocenters. The number of carbonyl (C=O) groups excluding carboxylic acids is 1. The maximum Gasteiger partial charge on any atom is 0.223 e. The second-order valence-corrected chi connectivity index (χ2v) is 7.49. The third-order valence-corrected chi connectivity index (χ3v) is 5.79. The summed E-state index contributed by atoms with van der Waals surface area (Å²) in [6, 6.07) is 0. The van der Waals surface area contributed by atoms with Crippen LogP contribution >= 0.6 is 0 Å². The van der Waals surface area contributed by atoms with Gasteiger partial charge in [-0.2, -0.15) is 4.31 Å². The maximum atomic E-state index is 12.1. The highest BCUT2D eigenvalue weighted by Gasteiger charge is 2.42. The van der Waals surface area contributed by atoms with Gasteiger partial charge in [0.15, 0.2) is 0 Å². The fraction of sp³-hybridized carbons (Fsp3) is 0.917. The van der Waals surface area contributed by atoms with Crippen LogP contribution in [0.15, 0.2) is 0 Å². The van der Waals surface area contributed by atoms with E-state index in [1.807, 2.05) is 6.92 Å². The van der Waals surface area contributed by atoms with E-state index in [9.17, 15) is 18.3 Å². The van der Waals surface area contributed by atoms with Crippen molar-refractivity contribution >= 4 is 15.9 Å². The molecule has 0 aromatic rings. The summed E-state index contributed by atoms with van der Waals surface area (Å²) < 4.78 is 30.6. The van der Waals surface area contributed by atoms with Crippen molar-refractivity contribution in [2.75, 3.05) is 45.1 Å². The molecule has 1 amide bonds. The molecule has 2 aliphatic heterocycles. The lowest BCUT2D eigenvalue weighted by molar-refractivity contribution is -0.155. The second kappa shape index (κ2) is 5.97. The van der Waals surface area contributed by atoms with Crippen LogP contribution < -0.4 is 0 Å². The van der Waals surface area contributed by atoms with Gasteiger partial charge in [0.05, 0.1) is 37.7 Å². The van der Waals surface area contributed by atoms with E-state index in [1.165, 1.54) is 9.21 Å². The van der Waals surface area contributed by atoms with E-state index in [2.05, 4.69) is 0 Å². The molecule has 0 bridgehead atoms. The Balaban J connectivity index is 1.78. The van der Waals surface area contributed by atoms with E-state index in [0.717, 1.165) is 0 Å². The Bertz CT molecular complexity index is 452. The highest BCUT2D eigenvalue weighted by molar-refractivity contribution is 7.89. The molecule has 0 spiro atoms. The average molecular weight is 306 g/mol. The Hall–Kier alpha value is -0.700. The van der Waals surface area contributed by atoms with Crippen LogP contribution in [0.2, 0.25) is 0 Å². The Morgan fingerprint density at radius 1 is 1.30 bits per heavy atom. The Kier molecular flexibility index (Phi) is 4.68. The zero-order valence-corrected chi connectivity index (χ0v) is 12.6. The third kappa shape index (κ3) is 3.49. The van der Waals surface area contributed by atoms with Gasteiger partial charge in [-0.1, -0.05) is 6.92 Å². The van der Waals surface area contributed by atoms with E-state index >= 15 is 0 Å². The fourth-order valence-electron chi connectivity index (χ4n) is 2.39. The number of morpholine rings is 1. The van der Waals surface area contributed by atoms with E-state index in [1.54, 1.807) is 0 Å². The number of hydrogen-bond donors (Lipinski definition) is 1. The SMILES string of the molecule is CCC1(O)CN(C(=O)CCS(=O)(=O)N2CCOCC2)C1. The molecule has 0 unspecified atom stereocenters. The number of likely N-dealkylation sites (tertiary alicyclic amines) is 1. The molecule has 2 saturated heterocycles. The van der Waals surface area contributed by atoms with Crippen LogP contribution in [0.1, 0.15) is 19.8 Å². The number of β-amino-alcohol motifs (C(OH)–C–C–N with tert-alkyl or cyclic N) is 1. The van der Waals surface area contributed by atoms with Crippen LogP contribution in [0.4, 0.5) is 0 Å². The number of carbonyl (C=O) groups is 1. The summed E-state index contributed by atoms with van der Waals surface area (Å²) in [5.74, 6) is -0.382. The molecular weight excluding hydrogens is 284 g/mol. The highest BCUT2D eigenvalue weighted by Crippen LogP contribution is 2.24. The summed E-state index contributed by atoms with van der Waals surface area (Å²) in [7, 11) is -3.39. The number of amides is 1. The van der Waals surface area contributed by atoms with Gasteiger partial charge in [-0.05, 0) is 6.42 Å². The Labute approximate surface area is 119 Å². The van der Waals surface area contributed by atoms with Crippen molar-refractivity contribution in [1.82, 2.24) is 9.21 Å². The normalized spacial score (nSPS) is 23.4. The van der Waals surface area contributed by atoms with E-state index in [-0.39, 0.29) is 18.1 Å². The summed E-state index contributed by atoms with van der Waals surface area (Å²) in [6.45, 7) is 4.00. The predicted molar refractivity (Wildman–Crippen MR) is 72.6 cm³/mol. The molecule has 116 valence electrons. The van der Waals surface area contributed by atoms with Crippen molar-refractivity contribution in [2.24, 2.45) is 0 Å².